The van der Waals surface area contributed by atoms with Crippen molar-refractivity contribution in [1.82, 2.24) is 4.90 Å². The number of amides is 1. The molecule has 0 aliphatic carbocycles. The van der Waals surface area contributed by atoms with Crippen molar-refractivity contribution >= 4 is 11.6 Å². The number of rotatable bonds is 5. The molecule has 0 saturated carbocycles. The van der Waals surface area contributed by atoms with Gasteiger partial charge in [0.15, 0.2) is 0 Å². The Kier molecular flexibility index (Phi) is 5.15. The van der Waals surface area contributed by atoms with Crippen molar-refractivity contribution in [1.29, 1.82) is 0 Å². The molecule has 20 heavy (non-hydrogen) atoms. The first-order chi connectivity index (χ1) is 9.63. The SMILES string of the molecule is CCC(O)CN(C)C1CCCN(c2ccccc2)C1=O. The lowest BCUT2D eigenvalue weighted by Crippen LogP contribution is -2.52. The first kappa shape index (κ1) is 15.0. The smallest absolute Gasteiger partial charge is 0.244 e. The summed E-state index contributed by atoms with van der Waals surface area (Å²) in [7, 11) is 1.93. The standard InChI is InChI=1S/C16H24N2O2/c1-3-14(19)12-17(2)15-10-7-11-18(16(15)20)13-8-5-4-6-9-13/h4-6,8-9,14-15,19H,3,7,10-12H2,1-2H3. The molecule has 0 radical (unpaired) electrons. The van der Waals surface area contributed by atoms with Crippen molar-refractivity contribution in [3.8, 4) is 0 Å². The van der Waals surface area contributed by atoms with E-state index in [1.54, 1.807) is 0 Å². The molecule has 2 unspecified atom stereocenters. The maximum absolute atomic E-state index is 12.6. The molecule has 1 aromatic rings. The van der Waals surface area contributed by atoms with Gasteiger partial charge in [0.25, 0.3) is 0 Å². The Morgan fingerprint density at radius 3 is 2.75 bits per heavy atom. The molecule has 1 aliphatic rings. The van der Waals surface area contributed by atoms with Crippen LogP contribution in [0.15, 0.2) is 30.3 Å². The van der Waals surface area contributed by atoms with Crippen molar-refractivity contribution < 1.29 is 9.90 Å². The van der Waals surface area contributed by atoms with E-state index in [-0.39, 0.29) is 18.1 Å². The van der Waals surface area contributed by atoms with Gasteiger partial charge in [-0.2, -0.15) is 0 Å². The number of aliphatic hydroxyl groups excluding tert-OH is 1. The van der Waals surface area contributed by atoms with Crippen LogP contribution in [0.1, 0.15) is 26.2 Å². The Bertz CT molecular complexity index is 435. The van der Waals surface area contributed by atoms with E-state index in [0.29, 0.717) is 13.0 Å². The largest absolute Gasteiger partial charge is 0.392 e. The Balaban J connectivity index is 2.07. The summed E-state index contributed by atoms with van der Waals surface area (Å²) < 4.78 is 0. The number of carbonyl (C=O) groups is 1. The van der Waals surface area contributed by atoms with E-state index in [2.05, 4.69) is 0 Å². The molecule has 110 valence electrons. The van der Waals surface area contributed by atoms with Gasteiger partial charge in [-0.25, -0.2) is 0 Å². The number of nitrogens with zero attached hydrogens (tertiary/aromatic N) is 2. The molecule has 1 amide bonds. The average molecular weight is 276 g/mol. The molecule has 2 rings (SSSR count). The Hall–Kier alpha value is -1.39. The molecule has 1 heterocycles. The van der Waals surface area contributed by atoms with Gasteiger partial charge < -0.3 is 10.0 Å². The minimum absolute atomic E-state index is 0.120. The molecule has 0 spiro atoms. The van der Waals surface area contributed by atoms with Gasteiger partial charge in [0, 0.05) is 18.8 Å². The van der Waals surface area contributed by atoms with Crippen LogP contribution in [0.3, 0.4) is 0 Å². The summed E-state index contributed by atoms with van der Waals surface area (Å²) in [6.07, 6.45) is 2.22. The van der Waals surface area contributed by atoms with Crippen LogP contribution in [0, 0.1) is 0 Å². The molecule has 1 saturated heterocycles. The molecule has 1 fully saturated rings. The molecule has 2 atom stereocenters. The van der Waals surface area contributed by atoms with E-state index in [9.17, 15) is 9.90 Å². The fraction of sp³-hybridized carbons (Fsp3) is 0.562. The summed E-state index contributed by atoms with van der Waals surface area (Å²) in [5, 5.41) is 9.76. The van der Waals surface area contributed by atoms with Crippen molar-refractivity contribution in [3.05, 3.63) is 30.3 Å². The van der Waals surface area contributed by atoms with Crippen molar-refractivity contribution in [3.63, 3.8) is 0 Å². The maximum Gasteiger partial charge on any atom is 0.244 e. The second kappa shape index (κ2) is 6.86. The number of hydrogen-bond donors (Lipinski definition) is 1. The zero-order valence-corrected chi connectivity index (χ0v) is 12.3. The summed E-state index contributed by atoms with van der Waals surface area (Å²) in [5.74, 6) is 0.147. The van der Waals surface area contributed by atoms with Crippen molar-refractivity contribution in [2.45, 2.75) is 38.3 Å². The van der Waals surface area contributed by atoms with Crippen LogP contribution < -0.4 is 4.90 Å². The quantitative estimate of drug-likeness (QED) is 0.893. The number of hydrogen-bond acceptors (Lipinski definition) is 3. The van der Waals surface area contributed by atoms with Gasteiger partial charge in [0.1, 0.15) is 0 Å². The fourth-order valence-electron chi connectivity index (χ4n) is 2.72. The zero-order chi connectivity index (χ0) is 14.5. The molecule has 0 bridgehead atoms. The summed E-state index contributed by atoms with van der Waals surface area (Å²) >= 11 is 0. The van der Waals surface area contributed by atoms with E-state index in [1.807, 2.05) is 54.1 Å². The van der Waals surface area contributed by atoms with Crippen molar-refractivity contribution in [2.75, 3.05) is 25.0 Å². The number of para-hydroxylation sites is 1. The molecular weight excluding hydrogens is 252 g/mol. The van der Waals surface area contributed by atoms with Gasteiger partial charge >= 0.3 is 0 Å². The lowest BCUT2D eigenvalue weighted by molar-refractivity contribution is -0.125. The van der Waals surface area contributed by atoms with E-state index in [4.69, 9.17) is 0 Å². The normalized spacial score (nSPS) is 21.3. The average Bonchev–Trinajstić information content (AvgIpc) is 2.48. The molecule has 1 N–H and O–H groups in total. The summed E-state index contributed by atoms with van der Waals surface area (Å²) in [6.45, 7) is 3.29. The van der Waals surface area contributed by atoms with E-state index in [1.165, 1.54) is 0 Å². The third-order valence-corrected chi connectivity index (χ3v) is 3.98. The monoisotopic (exact) mass is 276 g/mol. The molecular formula is C16H24N2O2. The van der Waals surface area contributed by atoms with Crippen molar-refractivity contribution in [2.24, 2.45) is 0 Å². The topological polar surface area (TPSA) is 43.8 Å². The van der Waals surface area contributed by atoms with Crippen LogP contribution in [-0.2, 0) is 4.79 Å². The first-order valence-electron chi connectivity index (χ1n) is 7.38. The lowest BCUT2D eigenvalue weighted by Gasteiger charge is -2.37. The van der Waals surface area contributed by atoms with Gasteiger partial charge in [-0.1, -0.05) is 25.1 Å². The highest BCUT2D eigenvalue weighted by Gasteiger charge is 2.32. The van der Waals surface area contributed by atoms with E-state index >= 15 is 0 Å². The zero-order valence-electron chi connectivity index (χ0n) is 12.3. The lowest BCUT2D eigenvalue weighted by atomic mass is 10.0. The van der Waals surface area contributed by atoms with Gasteiger partial charge in [0.2, 0.25) is 5.91 Å². The summed E-state index contributed by atoms with van der Waals surface area (Å²) in [4.78, 5) is 16.5. The molecule has 4 heteroatoms. The second-order valence-electron chi connectivity index (χ2n) is 5.49. The maximum atomic E-state index is 12.6. The summed E-state index contributed by atoms with van der Waals surface area (Å²) in [5.41, 5.74) is 0.964. The fourth-order valence-corrected chi connectivity index (χ4v) is 2.72. The Labute approximate surface area is 121 Å². The third-order valence-electron chi connectivity index (χ3n) is 3.98. The Morgan fingerprint density at radius 1 is 1.40 bits per heavy atom. The van der Waals surface area contributed by atoms with E-state index < -0.39 is 0 Å². The number of aliphatic hydroxyl groups is 1. The van der Waals surface area contributed by atoms with Crippen LogP contribution in [0.5, 0.6) is 0 Å². The van der Waals surface area contributed by atoms with Gasteiger partial charge in [-0.3, -0.25) is 9.69 Å². The minimum Gasteiger partial charge on any atom is -0.392 e. The highest BCUT2D eigenvalue weighted by atomic mass is 16.3. The predicted molar refractivity (Wildman–Crippen MR) is 80.7 cm³/mol. The van der Waals surface area contributed by atoms with Gasteiger partial charge in [-0.15, -0.1) is 0 Å². The van der Waals surface area contributed by atoms with E-state index in [0.717, 1.165) is 25.1 Å². The van der Waals surface area contributed by atoms with Crippen LogP contribution in [-0.4, -0.2) is 48.2 Å². The molecule has 1 aliphatic heterocycles. The highest BCUT2D eigenvalue weighted by molar-refractivity contribution is 5.97. The molecule has 4 nitrogen and oxygen atoms in total. The summed E-state index contributed by atoms with van der Waals surface area (Å²) in [6, 6.07) is 9.69. The highest BCUT2D eigenvalue weighted by Crippen LogP contribution is 2.23. The second-order valence-corrected chi connectivity index (χ2v) is 5.49. The minimum atomic E-state index is -0.361. The molecule has 1 aromatic carbocycles. The van der Waals surface area contributed by atoms with Crippen LogP contribution >= 0.6 is 0 Å². The number of carbonyl (C=O) groups excluding carboxylic acids is 1. The number of benzene rings is 1. The number of likely N-dealkylation sites (N-methyl/N-ethyl adjacent to an activating group) is 1. The number of anilines is 1. The van der Waals surface area contributed by atoms with Gasteiger partial charge in [0.05, 0.1) is 12.1 Å². The third kappa shape index (κ3) is 3.38. The van der Waals surface area contributed by atoms with Crippen LogP contribution in [0.2, 0.25) is 0 Å². The predicted octanol–water partition coefficient (Wildman–Crippen LogP) is 1.88. The van der Waals surface area contributed by atoms with Crippen LogP contribution in [0.25, 0.3) is 0 Å². The Morgan fingerprint density at radius 2 is 2.10 bits per heavy atom. The molecule has 0 aromatic heterocycles. The number of piperidine rings is 1. The first-order valence-corrected chi connectivity index (χ1v) is 7.38. The van der Waals surface area contributed by atoms with Crippen LogP contribution in [0.4, 0.5) is 5.69 Å². The van der Waals surface area contributed by atoms with Gasteiger partial charge in [-0.05, 0) is 38.4 Å².